The molecule has 3 aromatic heterocycles. The molecule has 0 atom stereocenters. The molecule has 5 rings (SSSR count). The molecular formula is C17H13FN6O3S. The molecule has 1 saturated heterocycles. The van der Waals surface area contributed by atoms with E-state index in [1.165, 1.54) is 28.8 Å². The lowest BCUT2D eigenvalue weighted by molar-refractivity contribution is 0.217. The Kier molecular flexibility index (Phi) is 3.74. The molecule has 0 saturated carbocycles. The van der Waals surface area contributed by atoms with Crippen molar-refractivity contribution in [1.82, 2.24) is 29.0 Å². The predicted octanol–water partition coefficient (Wildman–Crippen LogP) is 1.71. The maximum Gasteiger partial charge on any atom is 0.246 e. The number of fused-ring (bicyclic) bond motifs is 1. The highest BCUT2D eigenvalue weighted by Gasteiger charge is 2.41. The number of halogens is 1. The first kappa shape index (κ1) is 17.0. The van der Waals surface area contributed by atoms with Gasteiger partial charge in [-0.15, -0.1) is 10.2 Å². The first-order valence-electron chi connectivity index (χ1n) is 8.40. The molecule has 0 aliphatic carbocycles. The summed E-state index contributed by atoms with van der Waals surface area (Å²) in [7, 11) is -3.71. The van der Waals surface area contributed by atoms with Crippen LogP contribution in [0.3, 0.4) is 0 Å². The molecule has 9 nitrogen and oxygen atoms in total. The molecule has 0 bridgehead atoms. The number of hydrogen-bond donors (Lipinski definition) is 0. The number of pyridine rings is 1. The zero-order chi connectivity index (χ0) is 19.3. The van der Waals surface area contributed by atoms with Crippen LogP contribution >= 0.6 is 0 Å². The van der Waals surface area contributed by atoms with Gasteiger partial charge in [-0.3, -0.25) is 4.40 Å². The summed E-state index contributed by atoms with van der Waals surface area (Å²) in [6.07, 6.45) is 3.13. The summed E-state index contributed by atoms with van der Waals surface area (Å²) < 4.78 is 47.0. The molecule has 4 aromatic rings. The van der Waals surface area contributed by atoms with Gasteiger partial charge in [-0.25, -0.2) is 12.8 Å². The number of rotatable bonds is 4. The minimum Gasteiger partial charge on any atom is -0.339 e. The van der Waals surface area contributed by atoms with Crippen molar-refractivity contribution in [2.24, 2.45) is 0 Å². The number of benzene rings is 1. The summed E-state index contributed by atoms with van der Waals surface area (Å²) in [6.45, 7) is 0.450. The fourth-order valence-electron chi connectivity index (χ4n) is 3.07. The third-order valence-electron chi connectivity index (χ3n) is 4.65. The number of sulfonamides is 1. The van der Waals surface area contributed by atoms with Gasteiger partial charge in [-0.2, -0.15) is 9.29 Å². The Morgan fingerprint density at radius 2 is 1.93 bits per heavy atom. The molecule has 1 aliphatic heterocycles. The fraction of sp³-hybridized carbons (Fsp3) is 0.176. The van der Waals surface area contributed by atoms with Crippen LogP contribution in [0, 0.1) is 5.82 Å². The van der Waals surface area contributed by atoms with Gasteiger partial charge in [-0.05, 0) is 36.4 Å². The van der Waals surface area contributed by atoms with Gasteiger partial charge in [0.2, 0.25) is 21.7 Å². The molecule has 28 heavy (non-hydrogen) atoms. The third-order valence-corrected chi connectivity index (χ3v) is 6.50. The molecule has 0 spiro atoms. The molecule has 0 radical (unpaired) electrons. The SMILES string of the molecule is O=S(=O)(c1cccn2cnnc12)N1CC(c2nc(-c3ccc(F)cc3)no2)C1. The zero-order valence-corrected chi connectivity index (χ0v) is 15.1. The molecule has 1 fully saturated rings. The Morgan fingerprint density at radius 3 is 2.71 bits per heavy atom. The van der Waals surface area contributed by atoms with Crippen LogP contribution in [0.2, 0.25) is 0 Å². The van der Waals surface area contributed by atoms with E-state index in [9.17, 15) is 12.8 Å². The van der Waals surface area contributed by atoms with Gasteiger partial charge >= 0.3 is 0 Å². The van der Waals surface area contributed by atoms with E-state index < -0.39 is 10.0 Å². The van der Waals surface area contributed by atoms with E-state index in [2.05, 4.69) is 20.3 Å². The molecule has 1 aliphatic rings. The molecular weight excluding hydrogens is 387 g/mol. The second kappa shape index (κ2) is 6.17. The summed E-state index contributed by atoms with van der Waals surface area (Å²) in [6, 6.07) is 8.88. The highest BCUT2D eigenvalue weighted by Crippen LogP contribution is 2.33. The van der Waals surface area contributed by atoms with Crippen LogP contribution in [0.1, 0.15) is 11.8 Å². The lowest BCUT2D eigenvalue weighted by Gasteiger charge is -2.35. The van der Waals surface area contributed by atoms with Crippen LogP contribution in [-0.2, 0) is 10.0 Å². The summed E-state index contributed by atoms with van der Waals surface area (Å²) in [5, 5.41) is 11.5. The third kappa shape index (κ3) is 2.67. The minimum atomic E-state index is -3.71. The lowest BCUT2D eigenvalue weighted by Crippen LogP contribution is -2.48. The van der Waals surface area contributed by atoms with Crippen LogP contribution in [0.15, 0.2) is 58.3 Å². The summed E-state index contributed by atoms with van der Waals surface area (Å²) in [4.78, 5) is 4.42. The lowest BCUT2D eigenvalue weighted by atomic mass is 10.0. The van der Waals surface area contributed by atoms with E-state index in [-0.39, 0.29) is 35.4 Å². The van der Waals surface area contributed by atoms with Crippen LogP contribution < -0.4 is 0 Å². The molecule has 142 valence electrons. The van der Waals surface area contributed by atoms with E-state index in [0.717, 1.165) is 0 Å². The maximum atomic E-state index is 13.0. The molecule has 4 heterocycles. The zero-order valence-electron chi connectivity index (χ0n) is 14.3. The maximum absolute atomic E-state index is 13.0. The van der Waals surface area contributed by atoms with Crippen molar-refractivity contribution in [3.05, 3.63) is 60.6 Å². The van der Waals surface area contributed by atoms with Crippen LogP contribution in [-0.4, -0.2) is 50.6 Å². The first-order chi connectivity index (χ1) is 13.5. The smallest absolute Gasteiger partial charge is 0.246 e. The molecule has 0 N–H and O–H groups in total. The average molecular weight is 400 g/mol. The van der Waals surface area contributed by atoms with Gasteiger partial charge in [0.25, 0.3) is 0 Å². The minimum absolute atomic E-state index is 0.100. The van der Waals surface area contributed by atoms with Crippen molar-refractivity contribution < 1.29 is 17.3 Å². The Labute approximate surface area is 158 Å². The van der Waals surface area contributed by atoms with E-state index in [0.29, 0.717) is 17.3 Å². The second-order valence-corrected chi connectivity index (χ2v) is 8.32. The van der Waals surface area contributed by atoms with Crippen molar-refractivity contribution >= 4 is 15.7 Å². The van der Waals surface area contributed by atoms with E-state index >= 15 is 0 Å². The van der Waals surface area contributed by atoms with Gasteiger partial charge in [-0.1, -0.05) is 5.16 Å². The van der Waals surface area contributed by atoms with Gasteiger partial charge in [0, 0.05) is 24.8 Å². The van der Waals surface area contributed by atoms with Gasteiger partial charge in [0.15, 0.2) is 5.65 Å². The Hall–Kier alpha value is -3.18. The van der Waals surface area contributed by atoms with E-state index in [4.69, 9.17) is 4.52 Å². The molecule has 0 amide bonds. The average Bonchev–Trinajstić information content (AvgIpc) is 3.30. The quantitative estimate of drug-likeness (QED) is 0.513. The van der Waals surface area contributed by atoms with E-state index in [1.807, 2.05) is 0 Å². The summed E-state index contributed by atoms with van der Waals surface area (Å²) >= 11 is 0. The normalized spacial score (nSPS) is 15.8. The van der Waals surface area contributed by atoms with Crippen molar-refractivity contribution in [2.75, 3.05) is 13.1 Å². The number of hydrogen-bond acceptors (Lipinski definition) is 7. The first-order valence-corrected chi connectivity index (χ1v) is 9.84. The standard InChI is InChI=1S/C17H13FN6O3S/c18-13-5-3-11(4-6-13)15-20-17(27-22-15)12-8-24(9-12)28(25,26)14-2-1-7-23-10-19-21-16(14)23/h1-7,10,12H,8-9H2. The fourth-order valence-corrected chi connectivity index (χ4v) is 4.73. The van der Waals surface area contributed by atoms with Crippen molar-refractivity contribution in [3.63, 3.8) is 0 Å². The molecule has 1 aromatic carbocycles. The molecule has 11 heteroatoms. The Balaban J connectivity index is 1.35. The largest absolute Gasteiger partial charge is 0.339 e. The number of nitrogens with zero attached hydrogens (tertiary/aromatic N) is 6. The van der Waals surface area contributed by atoms with Gasteiger partial charge in [0.1, 0.15) is 17.0 Å². The van der Waals surface area contributed by atoms with Crippen LogP contribution in [0.25, 0.3) is 17.0 Å². The molecule has 0 unspecified atom stereocenters. The topological polar surface area (TPSA) is 106 Å². The monoisotopic (exact) mass is 400 g/mol. The highest BCUT2D eigenvalue weighted by molar-refractivity contribution is 7.89. The van der Waals surface area contributed by atoms with Crippen LogP contribution in [0.4, 0.5) is 4.39 Å². The van der Waals surface area contributed by atoms with E-state index in [1.54, 1.807) is 28.8 Å². The van der Waals surface area contributed by atoms with Gasteiger partial charge < -0.3 is 4.52 Å². The van der Waals surface area contributed by atoms with Crippen molar-refractivity contribution in [2.45, 2.75) is 10.8 Å². The van der Waals surface area contributed by atoms with Crippen molar-refractivity contribution in [3.8, 4) is 11.4 Å². The van der Waals surface area contributed by atoms with Crippen LogP contribution in [0.5, 0.6) is 0 Å². The highest BCUT2D eigenvalue weighted by atomic mass is 32.2. The summed E-state index contributed by atoms with van der Waals surface area (Å²) in [5.74, 6) is 0.139. The second-order valence-electron chi connectivity index (χ2n) is 6.42. The Bertz CT molecular complexity index is 1260. The number of aromatic nitrogens is 5. The van der Waals surface area contributed by atoms with Crippen molar-refractivity contribution in [1.29, 1.82) is 0 Å². The van der Waals surface area contributed by atoms with Gasteiger partial charge in [0.05, 0.1) is 5.92 Å². The summed E-state index contributed by atoms with van der Waals surface area (Å²) in [5.41, 5.74) is 0.904. The predicted molar refractivity (Wildman–Crippen MR) is 94.2 cm³/mol. The Morgan fingerprint density at radius 1 is 1.14 bits per heavy atom.